The summed E-state index contributed by atoms with van der Waals surface area (Å²) in [7, 11) is 1.72. The molecule has 0 saturated heterocycles. The van der Waals surface area contributed by atoms with Crippen LogP contribution in [0.4, 0.5) is 0 Å². The van der Waals surface area contributed by atoms with Crippen LogP contribution in [0.5, 0.6) is 5.75 Å². The normalized spacial score (nSPS) is 12.8. The van der Waals surface area contributed by atoms with Gasteiger partial charge in [0.05, 0.1) is 6.61 Å². The van der Waals surface area contributed by atoms with Crippen LogP contribution in [-0.4, -0.2) is 32.3 Å². The molecular weight excluding hydrogens is 254 g/mol. The van der Waals surface area contributed by atoms with E-state index < -0.39 is 6.04 Å². The van der Waals surface area contributed by atoms with Crippen LogP contribution in [0.15, 0.2) is 24.3 Å². The highest BCUT2D eigenvalue weighted by Gasteiger charge is 2.22. The lowest BCUT2D eigenvalue weighted by Crippen LogP contribution is -2.40. The molecule has 0 bridgehead atoms. The van der Waals surface area contributed by atoms with E-state index in [1.165, 1.54) is 0 Å². The molecular formula is C16H25NO3. The summed E-state index contributed by atoms with van der Waals surface area (Å²) in [4.78, 5) is 11.7. The lowest BCUT2D eigenvalue weighted by molar-refractivity contribution is -0.146. The van der Waals surface area contributed by atoms with Crippen molar-refractivity contribution in [2.24, 2.45) is 0 Å². The predicted octanol–water partition coefficient (Wildman–Crippen LogP) is 2.51. The van der Waals surface area contributed by atoms with Gasteiger partial charge in [0, 0.05) is 0 Å². The highest BCUT2D eigenvalue weighted by Crippen LogP contribution is 2.30. The van der Waals surface area contributed by atoms with Crippen molar-refractivity contribution in [3.8, 4) is 5.75 Å². The number of nitrogens with one attached hydrogen (secondary N) is 1. The van der Waals surface area contributed by atoms with Crippen molar-refractivity contribution in [2.45, 2.75) is 39.2 Å². The molecule has 0 aromatic heterocycles. The van der Waals surface area contributed by atoms with Crippen LogP contribution in [0.1, 0.15) is 33.3 Å². The van der Waals surface area contributed by atoms with Gasteiger partial charge < -0.3 is 14.8 Å². The summed E-state index contributed by atoms with van der Waals surface area (Å²) in [5, 5.41) is 2.92. The molecule has 0 saturated carbocycles. The van der Waals surface area contributed by atoms with Gasteiger partial charge in [-0.2, -0.15) is 0 Å². The van der Waals surface area contributed by atoms with Crippen LogP contribution in [-0.2, 0) is 14.9 Å². The molecule has 1 rings (SSSR count). The Labute approximate surface area is 121 Å². The Bertz CT molecular complexity index is 438. The molecule has 0 aliphatic carbocycles. The average Bonchev–Trinajstić information content (AvgIpc) is 2.39. The number of hydrogen-bond donors (Lipinski definition) is 1. The lowest BCUT2D eigenvalue weighted by atomic mass is 9.86. The van der Waals surface area contributed by atoms with Crippen molar-refractivity contribution < 1.29 is 14.3 Å². The molecule has 1 unspecified atom stereocenters. The minimum atomic E-state index is -0.456. The van der Waals surface area contributed by atoms with Gasteiger partial charge in [-0.1, -0.05) is 39.0 Å². The Hall–Kier alpha value is -1.55. The zero-order valence-corrected chi connectivity index (χ0v) is 13.0. The summed E-state index contributed by atoms with van der Waals surface area (Å²) >= 11 is 0. The number of esters is 1. The Morgan fingerprint density at radius 2 is 1.95 bits per heavy atom. The summed E-state index contributed by atoms with van der Waals surface area (Å²) in [6.45, 7) is 8.82. The van der Waals surface area contributed by atoms with Crippen LogP contribution < -0.4 is 10.1 Å². The smallest absolute Gasteiger partial charge is 0.326 e. The quantitative estimate of drug-likeness (QED) is 0.813. The topological polar surface area (TPSA) is 47.6 Å². The Morgan fingerprint density at radius 1 is 1.30 bits per heavy atom. The SMILES string of the molecule is CCOC(=O)C(COc1ccccc1C(C)(C)C)NC. The van der Waals surface area contributed by atoms with E-state index in [1.54, 1.807) is 14.0 Å². The van der Waals surface area contributed by atoms with E-state index in [-0.39, 0.29) is 18.0 Å². The van der Waals surface area contributed by atoms with Crippen LogP contribution in [0.3, 0.4) is 0 Å². The van der Waals surface area contributed by atoms with Crippen molar-refractivity contribution in [3.05, 3.63) is 29.8 Å². The van der Waals surface area contributed by atoms with Crippen molar-refractivity contribution in [3.63, 3.8) is 0 Å². The molecule has 4 nitrogen and oxygen atoms in total. The molecule has 0 spiro atoms. The molecule has 0 heterocycles. The number of para-hydroxylation sites is 1. The molecule has 1 aromatic rings. The second-order valence-electron chi connectivity index (χ2n) is 5.65. The van der Waals surface area contributed by atoms with Gasteiger partial charge in [0.25, 0.3) is 0 Å². The molecule has 1 atom stereocenters. The van der Waals surface area contributed by atoms with E-state index in [0.29, 0.717) is 6.61 Å². The Balaban J connectivity index is 2.77. The first-order chi connectivity index (χ1) is 9.40. The van der Waals surface area contributed by atoms with Crippen LogP contribution in [0.25, 0.3) is 0 Å². The van der Waals surface area contributed by atoms with E-state index >= 15 is 0 Å². The number of ether oxygens (including phenoxy) is 2. The first-order valence-electron chi connectivity index (χ1n) is 6.96. The molecule has 112 valence electrons. The first kappa shape index (κ1) is 16.5. The average molecular weight is 279 g/mol. The van der Waals surface area contributed by atoms with E-state index in [0.717, 1.165) is 11.3 Å². The molecule has 0 amide bonds. The fourth-order valence-electron chi connectivity index (χ4n) is 1.90. The number of likely N-dealkylation sites (N-methyl/N-ethyl adjacent to an activating group) is 1. The fourth-order valence-corrected chi connectivity index (χ4v) is 1.90. The molecule has 0 radical (unpaired) electrons. The van der Waals surface area contributed by atoms with E-state index in [2.05, 4.69) is 26.1 Å². The molecule has 0 aliphatic rings. The van der Waals surface area contributed by atoms with E-state index in [9.17, 15) is 4.79 Å². The van der Waals surface area contributed by atoms with Crippen molar-refractivity contribution in [1.29, 1.82) is 0 Å². The van der Waals surface area contributed by atoms with Gasteiger partial charge in [-0.25, -0.2) is 0 Å². The molecule has 1 aromatic carbocycles. The largest absolute Gasteiger partial charge is 0.491 e. The third-order valence-corrected chi connectivity index (χ3v) is 3.02. The monoisotopic (exact) mass is 279 g/mol. The van der Waals surface area contributed by atoms with Gasteiger partial charge in [0.15, 0.2) is 0 Å². The lowest BCUT2D eigenvalue weighted by Gasteiger charge is -2.24. The van der Waals surface area contributed by atoms with Crippen molar-refractivity contribution in [1.82, 2.24) is 5.32 Å². The summed E-state index contributed by atoms with van der Waals surface area (Å²) in [5.41, 5.74) is 1.12. The van der Waals surface area contributed by atoms with Gasteiger partial charge in [0.1, 0.15) is 18.4 Å². The molecule has 1 N–H and O–H groups in total. The number of benzene rings is 1. The van der Waals surface area contributed by atoms with Gasteiger partial charge in [-0.15, -0.1) is 0 Å². The number of rotatable bonds is 6. The number of carbonyl (C=O) groups excluding carboxylic acids is 1. The van der Waals surface area contributed by atoms with Crippen LogP contribution in [0, 0.1) is 0 Å². The predicted molar refractivity (Wildman–Crippen MR) is 80.1 cm³/mol. The van der Waals surface area contributed by atoms with Gasteiger partial charge in [-0.3, -0.25) is 4.79 Å². The van der Waals surface area contributed by atoms with Gasteiger partial charge >= 0.3 is 5.97 Å². The summed E-state index contributed by atoms with van der Waals surface area (Å²) in [6.07, 6.45) is 0. The van der Waals surface area contributed by atoms with Crippen molar-refractivity contribution >= 4 is 5.97 Å². The van der Waals surface area contributed by atoms with E-state index in [4.69, 9.17) is 9.47 Å². The second-order valence-corrected chi connectivity index (χ2v) is 5.65. The number of hydrogen-bond acceptors (Lipinski definition) is 4. The zero-order chi connectivity index (χ0) is 15.2. The Morgan fingerprint density at radius 3 is 2.50 bits per heavy atom. The molecule has 0 aliphatic heterocycles. The fraction of sp³-hybridized carbons (Fsp3) is 0.562. The summed E-state index contributed by atoms with van der Waals surface area (Å²) in [5.74, 6) is 0.521. The minimum absolute atomic E-state index is 0.00430. The minimum Gasteiger partial charge on any atom is -0.491 e. The van der Waals surface area contributed by atoms with E-state index in [1.807, 2.05) is 24.3 Å². The zero-order valence-electron chi connectivity index (χ0n) is 13.0. The molecule has 0 fully saturated rings. The van der Waals surface area contributed by atoms with Gasteiger partial charge in [-0.05, 0) is 31.0 Å². The van der Waals surface area contributed by atoms with Crippen LogP contribution >= 0.6 is 0 Å². The summed E-state index contributed by atoms with van der Waals surface area (Å²) < 4.78 is 10.8. The first-order valence-corrected chi connectivity index (χ1v) is 6.96. The standard InChI is InChI=1S/C16H25NO3/c1-6-19-15(18)13(17-5)11-20-14-10-8-7-9-12(14)16(2,3)4/h7-10,13,17H,6,11H2,1-5H3. The van der Waals surface area contributed by atoms with Gasteiger partial charge in [0.2, 0.25) is 0 Å². The maximum atomic E-state index is 11.7. The highest BCUT2D eigenvalue weighted by atomic mass is 16.5. The third kappa shape index (κ3) is 4.53. The van der Waals surface area contributed by atoms with Crippen LogP contribution in [0.2, 0.25) is 0 Å². The third-order valence-electron chi connectivity index (χ3n) is 3.02. The highest BCUT2D eigenvalue weighted by molar-refractivity contribution is 5.75. The molecule has 20 heavy (non-hydrogen) atoms. The number of carbonyl (C=O) groups is 1. The van der Waals surface area contributed by atoms with Crippen molar-refractivity contribution in [2.75, 3.05) is 20.3 Å². The second kappa shape index (κ2) is 7.29. The Kier molecular flexibility index (Phi) is 6.02. The molecule has 4 heteroatoms. The maximum absolute atomic E-state index is 11.7. The summed E-state index contributed by atoms with van der Waals surface area (Å²) in [6, 6.07) is 7.45. The maximum Gasteiger partial charge on any atom is 0.326 e.